The largest absolute Gasteiger partial charge is 0.456 e. The molecule has 0 amide bonds. The van der Waals surface area contributed by atoms with Gasteiger partial charge in [0.1, 0.15) is 11.5 Å². The van der Waals surface area contributed by atoms with Gasteiger partial charge in [-0.15, -0.1) is 0 Å². The second-order valence-electron chi connectivity index (χ2n) is 4.42. The molecule has 0 aliphatic carbocycles. The van der Waals surface area contributed by atoms with Crippen LogP contribution in [-0.4, -0.2) is 0 Å². The first-order valence-corrected chi connectivity index (χ1v) is 8.17. The maximum absolute atomic E-state index is 5.98. The lowest BCUT2D eigenvalue weighted by Crippen LogP contribution is -1.86. The average Bonchev–Trinajstić information content (AvgIpc) is 2.52. The SMILES string of the molecule is Brc1ccc(Sc2ccccc2Oc2ccccc2)cc1. The lowest BCUT2D eigenvalue weighted by molar-refractivity contribution is 0.471. The fourth-order valence-electron chi connectivity index (χ4n) is 1.86. The summed E-state index contributed by atoms with van der Waals surface area (Å²) in [6, 6.07) is 26.2. The molecule has 3 rings (SSSR count). The van der Waals surface area contributed by atoms with Crippen LogP contribution in [0.2, 0.25) is 0 Å². The molecule has 0 N–H and O–H groups in total. The predicted molar refractivity (Wildman–Crippen MR) is 91.2 cm³/mol. The van der Waals surface area contributed by atoms with E-state index in [0.29, 0.717) is 0 Å². The van der Waals surface area contributed by atoms with Crippen LogP contribution < -0.4 is 4.74 Å². The fourth-order valence-corrected chi connectivity index (χ4v) is 3.01. The van der Waals surface area contributed by atoms with Crippen molar-refractivity contribution in [2.75, 3.05) is 0 Å². The molecule has 0 atom stereocenters. The van der Waals surface area contributed by atoms with Crippen LogP contribution in [0.3, 0.4) is 0 Å². The number of hydrogen-bond acceptors (Lipinski definition) is 2. The molecule has 0 aliphatic rings. The molecular formula is C18H13BrOS. The number of para-hydroxylation sites is 2. The summed E-state index contributed by atoms with van der Waals surface area (Å²) < 4.78 is 7.06. The zero-order valence-corrected chi connectivity index (χ0v) is 13.6. The summed E-state index contributed by atoms with van der Waals surface area (Å²) in [4.78, 5) is 2.28. The first kappa shape index (κ1) is 14.2. The van der Waals surface area contributed by atoms with Gasteiger partial charge in [0.2, 0.25) is 0 Å². The van der Waals surface area contributed by atoms with Crippen molar-refractivity contribution < 1.29 is 4.74 Å². The van der Waals surface area contributed by atoms with E-state index in [2.05, 4.69) is 34.1 Å². The molecule has 0 aliphatic heterocycles. The molecule has 21 heavy (non-hydrogen) atoms. The van der Waals surface area contributed by atoms with E-state index in [-0.39, 0.29) is 0 Å². The van der Waals surface area contributed by atoms with Crippen LogP contribution in [-0.2, 0) is 0 Å². The van der Waals surface area contributed by atoms with E-state index >= 15 is 0 Å². The molecule has 0 aromatic heterocycles. The Morgan fingerprint density at radius 1 is 0.714 bits per heavy atom. The summed E-state index contributed by atoms with van der Waals surface area (Å²) in [5, 5.41) is 0. The second kappa shape index (κ2) is 6.83. The standard InChI is InChI=1S/C18H13BrOS/c19-14-10-12-16(13-11-14)21-18-9-5-4-8-17(18)20-15-6-2-1-3-7-15/h1-13H. The van der Waals surface area contributed by atoms with Gasteiger partial charge in [-0.05, 0) is 48.5 Å². The minimum absolute atomic E-state index is 0.848. The highest BCUT2D eigenvalue weighted by Crippen LogP contribution is 2.37. The Morgan fingerprint density at radius 2 is 1.38 bits per heavy atom. The summed E-state index contributed by atoms with van der Waals surface area (Å²) in [7, 11) is 0. The molecule has 1 nitrogen and oxygen atoms in total. The van der Waals surface area contributed by atoms with Gasteiger partial charge in [-0.25, -0.2) is 0 Å². The van der Waals surface area contributed by atoms with E-state index in [1.54, 1.807) is 11.8 Å². The second-order valence-corrected chi connectivity index (χ2v) is 6.45. The van der Waals surface area contributed by atoms with E-state index in [4.69, 9.17) is 4.74 Å². The van der Waals surface area contributed by atoms with Crippen molar-refractivity contribution >= 4 is 27.7 Å². The quantitative estimate of drug-likeness (QED) is 0.535. The Labute approximate surface area is 137 Å². The number of benzene rings is 3. The lowest BCUT2D eigenvalue weighted by atomic mass is 10.3. The molecule has 0 spiro atoms. The molecule has 0 heterocycles. The Balaban J connectivity index is 1.84. The first-order valence-electron chi connectivity index (χ1n) is 6.56. The first-order chi connectivity index (χ1) is 10.3. The van der Waals surface area contributed by atoms with Crippen molar-refractivity contribution in [1.29, 1.82) is 0 Å². The monoisotopic (exact) mass is 356 g/mol. The van der Waals surface area contributed by atoms with Gasteiger partial charge in [0.25, 0.3) is 0 Å². The van der Waals surface area contributed by atoms with Gasteiger partial charge >= 0.3 is 0 Å². The smallest absolute Gasteiger partial charge is 0.141 e. The van der Waals surface area contributed by atoms with Crippen LogP contribution in [0.15, 0.2) is 93.1 Å². The van der Waals surface area contributed by atoms with Crippen molar-refractivity contribution in [3.8, 4) is 11.5 Å². The van der Waals surface area contributed by atoms with Crippen LogP contribution in [0, 0.1) is 0 Å². The summed E-state index contributed by atoms with van der Waals surface area (Å²) in [5.74, 6) is 1.72. The molecule has 3 heteroatoms. The molecule has 0 saturated carbocycles. The third-order valence-electron chi connectivity index (χ3n) is 2.86. The van der Waals surface area contributed by atoms with E-state index < -0.39 is 0 Å². The van der Waals surface area contributed by atoms with Gasteiger partial charge in [0, 0.05) is 9.37 Å². The average molecular weight is 357 g/mol. The number of ether oxygens (including phenoxy) is 1. The molecule has 0 saturated heterocycles. The highest BCUT2D eigenvalue weighted by Gasteiger charge is 2.06. The molecule has 0 bridgehead atoms. The molecular weight excluding hydrogens is 344 g/mol. The lowest BCUT2D eigenvalue weighted by Gasteiger charge is -2.10. The number of hydrogen-bond donors (Lipinski definition) is 0. The van der Waals surface area contributed by atoms with Crippen molar-refractivity contribution in [3.63, 3.8) is 0 Å². The highest BCUT2D eigenvalue weighted by molar-refractivity contribution is 9.10. The topological polar surface area (TPSA) is 9.23 Å². The van der Waals surface area contributed by atoms with Crippen molar-refractivity contribution in [2.24, 2.45) is 0 Å². The molecule has 0 fully saturated rings. The van der Waals surface area contributed by atoms with Gasteiger partial charge < -0.3 is 4.74 Å². The summed E-state index contributed by atoms with van der Waals surface area (Å²) >= 11 is 5.15. The van der Waals surface area contributed by atoms with E-state index in [0.717, 1.165) is 20.9 Å². The zero-order chi connectivity index (χ0) is 14.5. The fraction of sp³-hybridized carbons (Fsp3) is 0. The normalized spacial score (nSPS) is 10.3. The van der Waals surface area contributed by atoms with Gasteiger partial charge in [0.05, 0.1) is 4.90 Å². The van der Waals surface area contributed by atoms with E-state index in [9.17, 15) is 0 Å². The van der Waals surface area contributed by atoms with Crippen LogP contribution in [0.4, 0.5) is 0 Å². The third kappa shape index (κ3) is 3.90. The van der Waals surface area contributed by atoms with Gasteiger partial charge in [0.15, 0.2) is 0 Å². The van der Waals surface area contributed by atoms with E-state index in [1.807, 2.05) is 60.7 Å². The Kier molecular flexibility index (Phi) is 4.63. The van der Waals surface area contributed by atoms with Crippen LogP contribution in [0.25, 0.3) is 0 Å². The third-order valence-corrected chi connectivity index (χ3v) is 4.46. The summed E-state index contributed by atoms with van der Waals surface area (Å²) in [5.41, 5.74) is 0. The highest BCUT2D eigenvalue weighted by atomic mass is 79.9. The molecule has 104 valence electrons. The van der Waals surface area contributed by atoms with Crippen molar-refractivity contribution in [1.82, 2.24) is 0 Å². The maximum atomic E-state index is 5.98. The maximum Gasteiger partial charge on any atom is 0.141 e. The van der Waals surface area contributed by atoms with Gasteiger partial charge in [-0.1, -0.05) is 58.0 Å². The Morgan fingerprint density at radius 3 is 2.14 bits per heavy atom. The predicted octanol–water partition coefficient (Wildman–Crippen LogP) is 6.39. The van der Waals surface area contributed by atoms with Crippen LogP contribution in [0.1, 0.15) is 0 Å². The minimum Gasteiger partial charge on any atom is -0.456 e. The summed E-state index contributed by atoms with van der Waals surface area (Å²) in [6.45, 7) is 0. The minimum atomic E-state index is 0.848. The zero-order valence-electron chi connectivity index (χ0n) is 11.2. The van der Waals surface area contributed by atoms with Crippen LogP contribution in [0.5, 0.6) is 11.5 Å². The van der Waals surface area contributed by atoms with E-state index in [1.165, 1.54) is 4.90 Å². The van der Waals surface area contributed by atoms with Gasteiger partial charge in [-0.2, -0.15) is 0 Å². The number of rotatable bonds is 4. The Hall–Kier alpha value is -1.71. The molecule has 0 unspecified atom stereocenters. The van der Waals surface area contributed by atoms with Crippen molar-refractivity contribution in [3.05, 3.63) is 83.3 Å². The molecule has 3 aromatic rings. The summed E-state index contributed by atoms with van der Waals surface area (Å²) in [6.07, 6.45) is 0. The van der Waals surface area contributed by atoms with Crippen LogP contribution >= 0.6 is 27.7 Å². The molecule has 0 radical (unpaired) electrons. The van der Waals surface area contributed by atoms with Crippen molar-refractivity contribution in [2.45, 2.75) is 9.79 Å². The molecule has 3 aromatic carbocycles. The Bertz CT molecular complexity index is 711. The van der Waals surface area contributed by atoms with Gasteiger partial charge in [-0.3, -0.25) is 0 Å². The number of halogens is 1.